The molecule has 2 heterocycles. The van der Waals surface area contributed by atoms with Gasteiger partial charge in [0.25, 0.3) is 5.69 Å². The normalized spacial score (nSPS) is 19.4. The van der Waals surface area contributed by atoms with Gasteiger partial charge in [-0.3, -0.25) is 19.9 Å². The fourth-order valence-electron chi connectivity index (χ4n) is 6.51. The van der Waals surface area contributed by atoms with Crippen LogP contribution < -0.4 is 0 Å². The van der Waals surface area contributed by atoms with Crippen molar-refractivity contribution in [2.24, 2.45) is 0 Å². The number of nitrogens with zero attached hydrogens (tertiary/aromatic N) is 2. The van der Waals surface area contributed by atoms with E-state index in [0.717, 1.165) is 44.8 Å². The Kier molecular flexibility index (Phi) is 9.47. The van der Waals surface area contributed by atoms with Gasteiger partial charge < -0.3 is 14.2 Å². The molecule has 1 saturated heterocycles. The summed E-state index contributed by atoms with van der Waals surface area (Å²) in [6.45, 7) is 13.3. The third-order valence-electron chi connectivity index (χ3n) is 8.23. The lowest BCUT2D eigenvalue weighted by Gasteiger charge is -2.39. The number of aromatic nitrogens is 1. The highest BCUT2D eigenvalue weighted by Gasteiger charge is 2.36. The van der Waals surface area contributed by atoms with E-state index >= 15 is 0 Å². The van der Waals surface area contributed by atoms with Gasteiger partial charge in [-0.2, -0.15) is 0 Å². The minimum Gasteiger partial charge on any atom is -0.460 e. The van der Waals surface area contributed by atoms with Crippen LogP contribution in [0.2, 0.25) is 0 Å². The molecule has 2 atom stereocenters. The molecule has 46 heavy (non-hydrogen) atoms. The molecular formula is C37H43FN2O6. The lowest BCUT2D eigenvalue weighted by atomic mass is 9.86. The summed E-state index contributed by atoms with van der Waals surface area (Å²) in [5, 5.41) is 11.9. The van der Waals surface area contributed by atoms with Gasteiger partial charge in [-0.25, -0.2) is 4.39 Å². The maximum absolute atomic E-state index is 14.2. The third kappa shape index (κ3) is 7.70. The van der Waals surface area contributed by atoms with E-state index in [9.17, 15) is 19.3 Å². The number of nitro groups is 1. The number of benzene rings is 2. The Labute approximate surface area is 270 Å². The lowest BCUT2D eigenvalue weighted by molar-refractivity contribution is -0.385. The van der Waals surface area contributed by atoms with Gasteiger partial charge in [0.05, 0.1) is 29.2 Å². The first-order valence-corrected chi connectivity index (χ1v) is 15.9. The Morgan fingerprint density at radius 1 is 1.13 bits per heavy atom. The number of pyridine rings is 1. The fourth-order valence-corrected chi connectivity index (χ4v) is 6.51. The number of nitro benzene ring substituents is 1. The Balaban J connectivity index is 1.59. The van der Waals surface area contributed by atoms with Crippen molar-refractivity contribution >= 4 is 17.7 Å². The molecule has 0 unspecified atom stereocenters. The van der Waals surface area contributed by atoms with E-state index in [0.29, 0.717) is 25.7 Å². The summed E-state index contributed by atoms with van der Waals surface area (Å²) in [4.78, 5) is 29.4. The lowest BCUT2D eigenvalue weighted by Crippen LogP contribution is -2.45. The van der Waals surface area contributed by atoms with Gasteiger partial charge in [-0.1, -0.05) is 50.3 Å². The van der Waals surface area contributed by atoms with E-state index in [1.807, 2.05) is 52.8 Å². The van der Waals surface area contributed by atoms with Crippen LogP contribution in [0.25, 0.3) is 17.2 Å². The van der Waals surface area contributed by atoms with Gasteiger partial charge in [0, 0.05) is 35.7 Å². The van der Waals surface area contributed by atoms with E-state index in [-0.39, 0.29) is 40.8 Å². The van der Waals surface area contributed by atoms with Gasteiger partial charge in [-0.15, -0.1) is 0 Å². The van der Waals surface area contributed by atoms with E-state index in [2.05, 4.69) is 13.8 Å². The van der Waals surface area contributed by atoms with Crippen molar-refractivity contribution in [1.29, 1.82) is 0 Å². The molecule has 0 spiro atoms. The number of carbonyl (C=O) groups is 1. The zero-order chi connectivity index (χ0) is 33.4. The van der Waals surface area contributed by atoms with E-state index in [4.69, 9.17) is 19.2 Å². The number of ether oxygens (including phenoxy) is 3. The van der Waals surface area contributed by atoms with Gasteiger partial charge >= 0.3 is 5.97 Å². The van der Waals surface area contributed by atoms with Crippen LogP contribution >= 0.6 is 0 Å². The Morgan fingerprint density at radius 3 is 2.50 bits per heavy atom. The maximum Gasteiger partial charge on any atom is 0.308 e. The van der Waals surface area contributed by atoms with Crippen LogP contribution in [-0.2, 0) is 38.3 Å². The van der Waals surface area contributed by atoms with Crippen molar-refractivity contribution in [1.82, 2.24) is 4.98 Å². The zero-order valence-corrected chi connectivity index (χ0v) is 27.7. The van der Waals surface area contributed by atoms with Crippen LogP contribution in [0.4, 0.5) is 10.1 Å². The van der Waals surface area contributed by atoms with Crippen LogP contribution in [0, 0.1) is 15.9 Å². The number of halogens is 1. The molecule has 1 aliphatic heterocycles. The summed E-state index contributed by atoms with van der Waals surface area (Å²) in [6, 6.07) is 11.7. The van der Waals surface area contributed by atoms with Crippen molar-refractivity contribution in [2.75, 3.05) is 0 Å². The van der Waals surface area contributed by atoms with Gasteiger partial charge in [-0.05, 0) is 87.8 Å². The number of fused-ring (bicyclic) bond motifs is 2. The first-order valence-electron chi connectivity index (χ1n) is 15.9. The topological polar surface area (TPSA) is 101 Å². The second-order valence-electron chi connectivity index (χ2n) is 13.9. The molecule has 2 aromatic carbocycles. The number of carbonyl (C=O) groups excluding carboxylic acids is 1. The summed E-state index contributed by atoms with van der Waals surface area (Å²) in [5.41, 5.74) is 6.57. The maximum atomic E-state index is 14.2. The van der Waals surface area contributed by atoms with E-state index in [1.54, 1.807) is 24.3 Å². The summed E-state index contributed by atoms with van der Waals surface area (Å²) < 4.78 is 32.1. The van der Waals surface area contributed by atoms with Crippen molar-refractivity contribution in [2.45, 2.75) is 110 Å². The highest BCUT2D eigenvalue weighted by Crippen LogP contribution is 2.40. The summed E-state index contributed by atoms with van der Waals surface area (Å²) >= 11 is 0. The molecule has 0 radical (unpaired) electrons. The highest BCUT2D eigenvalue weighted by molar-refractivity contribution is 5.81. The van der Waals surface area contributed by atoms with E-state index < -0.39 is 17.5 Å². The van der Waals surface area contributed by atoms with Crippen LogP contribution in [0.3, 0.4) is 0 Å². The number of hydrogen-bond donors (Lipinski definition) is 0. The predicted molar refractivity (Wildman–Crippen MR) is 175 cm³/mol. The first kappa shape index (κ1) is 33.4. The second kappa shape index (κ2) is 13.0. The Bertz CT molecular complexity index is 1660. The SMILES string of the molecule is CC(C)c1nc2c(c(-c3ccc(F)cc3)c1C=C[C@@H]1C[C@H](CC(=O)OC(C)(C)C)OC(C)(C)O1)Cc1cccc([N+](=O)[O-])c1CC2. The van der Waals surface area contributed by atoms with Gasteiger partial charge in [0.1, 0.15) is 11.4 Å². The third-order valence-corrected chi connectivity index (χ3v) is 8.23. The molecule has 1 aromatic heterocycles. The van der Waals surface area contributed by atoms with Crippen LogP contribution in [0.5, 0.6) is 0 Å². The monoisotopic (exact) mass is 630 g/mol. The molecule has 1 aliphatic carbocycles. The predicted octanol–water partition coefficient (Wildman–Crippen LogP) is 8.26. The molecule has 2 aliphatic rings. The van der Waals surface area contributed by atoms with Gasteiger partial charge in [0.15, 0.2) is 5.79 Å². The molecule has 5 rings (SSSR count). The molecule has 9 heteroatoms. The highest BCUT2D eigenvalue weighted by atomic mass is 19.1. The average molecular weight is 631 g/mol. The molecular weight excluding hydrogens is 587 g/mol. The molecule has 3 aromatic rings. The zero-order valence-electron chi connectivity index (χ0n) is 27.7. The van der Waals surface area contributed by atoms with Crippen molar-refractivity contribution in [3.8, 4) is 11.1 Å². The Hall–Kier alpha value is -3.95. The van der Waals surface area contributed by atoms with Crippen molar-refractivity contribution in [3.63, 3.8) is 0 Å². The minimum absolute atomic E-state index is 0.0519. The smallest absolute Gasteiger partial charge is 0.308 e. The number of rotatable bonds is 7. The largest absolute Gasteiger partial charge is 0.460 e. The van der Waals surface area contributed by atoms with Crippen LogP contribution in [-0.4, -0.2) is 39.5 Å². The number of esters is 1. The van der Waals surface area contributed by atoms with Crippen LogP contribution in [0.15, 0.2) is 48.5 Å². The molecule has 0 saturated carbocycles. The summed E-state index contributed by atoms with van der Waals surface area (Å²) in [6.07, 6.45) is 5.34. The Morgan fingerprint density at radius 2 is 1.85 bits per heavy atom. The summed E-state index contributed by atoms with van der Waals surface area (Å²) in [5.74, 6) is -1.53. The van der Waals surface area contributed by atoms with Gasteiger partial charge in [0.2, 0.25) is 0 Å². The molecule has 0 N–H and O–H groups in total. The molecule has 0 bridgehead atoms. The molecule has 8 nitrogen and oxygen atoms in total. The van der Waals surface area contributed by atoms with Crippen molar-refractivity contribution in [3.05, 3.63) is 98.1 Å². The quantitative estimate of drug-likeness (QED) is 0.147. The summed E-state index contributed by atoms with van der Waals surface area (Å²) in [7, 11) is 0. The fraction of sp³-hybridized carbons (Fsp3) is 0.459. The molecule has 244 valence electrons. The van der Waals surface area contributed by atoms with E-state index in [1.165, 1.54) is 12.1 Å². The molecule has 0 amide bonds. The first-order chi connectivity index (χ1) is 21.6. The number of hydrogen-bond acceptors (Lipinski definition) is 7. The second-order valence-corrected chi connectivity index (χ2v) is 13.9. The van der Waals surface area contributed by atoms with Crippen molar-refractivity contribution < 1.29 is 28.3 Å². The van der Waals surface area contributed by atoms with Crippen LogP contribution in [0.1, 0.15) is 101 Å². The average Bonchev–Trinajstić information content (AvgIpc) is 3.13. The standard InChI is InChI=1S/C37H43FN2O6/c1-22(2)35-29(16-15-26-20-27(45-37(6,7)44-26)21-33(41)46-36(3,4)5)34(23-11-13-25(38)14-12-23)30-19-24-9-8-10-32(40(42)43)28(24)17-18-31(30)39-35/h8-16,22,26-27H,17-21H2,1-7H3/t26-,27-/m1/s1. The minimum atomic E-state index is -0.926. The molecule has 1 fully saturated rings. The number of aryl methyl sites for hydroxylation is 1.